The van der Waals surface area contributed by atoms with Crippen molar-refractivity contribution >= 4 is 37.5 Å². The second-order valence-electron chi connectivity index (χ2n) is 7.10. The number of aromatic amines is 1. The van der Waals surface area contributed by atoms with Crippen molar-refractivity contribution < 1.29 is 0 Å². The Bertz CT molecular complexity index is 1090. The predicted molar refractivity (Wildman–Crippen MR) is 115 cm³/mol. The lowest BCUT2D eigenvalue weighted by Crippen LogP contribution is -2.42. The van der Waals surface area contributed by atoms with Gasteiger partial charge in [-0.3, -0.25) is 14.3 Å². The first-order chi connectivity index (χ1) is 13.0. The van der Waals surface area contributed by atoms with Crippen molar-refractivity contribution in [2.75, 3.05) is 20.1 Å². The summed E-state index contributed by atoms with van der Waals surface area (Å²) in [4.78, 5) is 33.2. The van der Waals surface area contributed by atoms with E-state index in [4.69, 9.17) is 0 Å². The predicted octanol–water partition coefficient (Wildman–Crippen LogP) is 4.01. The van der Waals surface area contributed by atoms with Crippen molar-refractivity contribution in [3.05, 3.63) is 54.5 Å². The molecule has 0 aliphatic carbocycles. The molecule has 142 valence electrons. The van der Waals surface area contributed by atoms with Crippen LogP contribution in [0.4, 0.5) is 0 Å². The fraction of sp³-hybridized carbons (Fsp3) is 0.400. The Balaban J connectivity index is 1.95. The molecule has 1 N–H and O–H groups in total. The molecule has 5 nitrogen and oxygen atoms in total. The van der Waals surface area contributed by atoms with Crippen molar-refractivity contribution in [2.24, 2.45) is 0 Å². The van der Waals surface area contributed by atoms with Gasteiger partial charge in [-0.2, -0.15) is 0 Å². The van der Waals surface area contributed by atoms with Crippen molar-refractivity contribution in [1.29, 1.82) is 0 Å². The van der Waals surface area contributed by atoms with E-state index in [-0.39, 0.29) is 17.3 Å². The third-order valence-corrected chi connectivity index (χ3v) is 7.14. The van der Waals surface area contributed by atoms with Gasteiger partial charge in [-0.15, -0.1) is 11.3 Å². The van der Waals surface area contributed by atoms with Gasteiger partial charge in [-0.25, -0.2) is 4.79 Å². The topological polar surface area (TPSA) is 58.1 Å². The van der Waals surface area contributed by atoms with Gasteiger partial charge in [0.15, 0.2) is 0 Å². The summed E-state index contributed by atoms with van der Waals surface area (Å²) >= 11 is 4.99. The summed E-state index contributed by atoms with van der Waals surface area (Å²) < 4.78 is 2.46. The molecular weight excluding hydrogens is 426 g/mol. The number of piperidine rings is 1. The lowest BCUT2D eigenvalue weighted by Gasteiger charge is -2.29. The van der Waals surface area contributed by atoms with E-state index < -0.39 is 0 Å². The Hall–Kier alpha value is -1.70. The van der Waals surface area contributed by atoms with E-state index in [0.717, 1.165) is 52.8 Å². The summed E-state index contributed by atoms with van der Waals surface area (Å²) in [6.45, 7) is 3.89. The van der Waals surface area contributed by atoms with E-state index in [1.807, 2.05) is 24.3 Å². The van der Waals surface area contributed by atoms with Gasteiger partial charge in [0.2, 0.25) is 0 Å². The largest absolute Gasteiger partial charge is 0.329 e. The van der Waals surface area contributed by atoms with Crippen LogP contribution in [0.3, 0.4) is 0 Å². The number of aromatic nitrogens is 2. The zero-order chi connectivity index (χ0) is 19.1. The molecule has 1 aliphatic heterocycles. The van der Waals surface area contributed by atoms with E-state index >= 15 is 0 Å². The summed E-state index contributed by atoms with van der Waals surface area (Å²) in [6, 6.07) is 7.98. The number of aryl methyl sites for hydroxylation is 1. The van der Waals surface area contributed by atoms with E-state index in [2.05, 4.69) is 39.8 Å². The number of hydrogen-bond donors (Lipinski definition) is 1. The first-order valence-corrected chi connectivity index (χ1v) is 10.8. The lowest BCUT2D eigenvalue weighted by atomic mass is 10.0. The van der Waals surface area contributed by atoms with Gasteiger partial charge in [0.1, 0.15) is 4.83 Å². The number of thiophene rings is 1. The highest BCUT2D eigenvalue weighted by Crippen LogP contribution is 2.37. The van der Waals surface area contributed by atoms with Crippen molar-refractivity contribution in [3.8, 4) is 11.1 Å². The molecule has 1 saturated heterocycles. The fourth-order valence-corrected chi connectivity index (χ4v) is 5.30. The zero-order valence-corrected chi connectivity index (χ0v) is 17.8. The van der Waals surface area contributed by atoms with Gasteiger partial charge in [0, 0.05) is 21.0 Å². The van der Waals surface area contributed by atoms with Crippen LogP contribution in [0, 0.1) is 0 Å². The van der Waals surface area contributed by atoms with Crippen LogP contribution in [-0.2, 0) is 6.42 Å². The Morgan fingerprint density at radius 1 is 1.19 bits per heavy atom. The number of likely N-dealkylation sites (tertiary alicyclic amines) is 1. The van der Waals surface area contributed by atoms with E-state index in [1.54, 1.807) is 0 Å². The molecule has 2 aromatic heterocycles. The van der Waals surface area contributed by atoms with Crippen LogP contribution in [0.5, 0.6) is 0 Å². The molecule has 4 rings (SSSR count). The Labute approximate surface area is 169 Å². The van der Waals surface area contributed by atoms with Gasteiger partial charge in [-0.05, 0) is 57.1 Å². The standard InChI is InChI=1S/C20H22BrN3O2S/c1-3-15-16(12-4-6-13(21)7-5-12)17-18(27-15)22-20(26)24(19(17)25)14-8-10-23(2)11-9-14/h4-7,14H,3,8-11H2,1-2H3,(H,22,26). The second kappa shape index (κ2) is 7.37. The first-order valence-electron chi connectivity index (χ1n) is 9.24. The minimum atomic E-state index is -0.284. The molecular formula is C20H22BrN3O2S. The van der Waals surface area contributed by atoms with Crippen molar-refractivity contribution in [1.82, 2.24) is 14.5 Å². The molecule has 0 bridgehead atoms. The summed E-state index contributed by atoms with van der Waals surface area (Å²) in [7, 11) is 2.07. The Morgan fingerprint density at radius 3 is 2.48 bits per heavy atom. The second-order valence-corrected chi connectivity index (χ2v) is 9.13. The minimum absolute atomic E-state index is 0.0374. The molecule has 0 unspecified atom stereocenters. The number of halogens is 1. The molecule has 1 aromatic carbocycles. The van der Waals surface area contributed by atoms with Gasteiger partial charge >= 0.3 is 5.69 Å². The first kappa shape index (κ1) is 18.7. The SMILES string of the molecule is CCc1sc2[nH]c(=O)n(C3CCN(C)CC3)c(=O)c2c1-c1ccc(Br)cc1. The molecule has 1 aliphatic rings. The van der Waals surface area contributed by atoms with Crippen LogP contribution in [0.2, 0.25) is 0 Å². The van der Waals surface area contributed by atoms with Crippen LogP contribution in [-0.4, -0.2) is 34.6 Å². The van der Waals surface area contributed by atoms with Gasteiger partial charge in [0.05, 0.1) is 5.39 Å². The molecule has 0 amide bonds. The van der Waals surface area contributed by atoms with Crippen molar-refractivity contribution in [3.63, 3.8) is 0 Å². The third kappa shape index (κ3) is 3.32. The number of hydrogen-bond acceptors (Lipinski definition) is 4. The molecule has 0 saturated carbocycles. The summed E-state index contributed by atoms with van der Waals surface area (Å²) in [6.07, 6.45) is 2.47. The highest BCUT2D eigenvalue weighted by atomic mass is 79.9. The van der Waals surface area contributed by atoms with Gasteiger partial charge in [-0.1, -0.05) is 35.0 Å². The van der Waals surface area contributed by atoms with Crippen LogP contribution in [0.15, 0.2) is 38.3 Å². The smallest absolute Gasteiger partial charge is 0.306 e. The van der Waals surface area contributed by atoms with Crippen LogP contribution in [0.25, 0.3) is 21.3 Å². The number of H-pyrrole nitrogens is 1. The monoisotopic (exact) mass is 447 g/mol. The molecule has 0 spiro atoms. The third-order valence-electron chi connectivity index (χ3n) is 5.36. The van der Waals surface area contributed by atoms with E-state index in [1.165, 1.54) is 15.9 Å². The number of rotatable bonds is 3. The highest BCUT2D eigenvalue weighted by Gasteiger charge is 2.25. The van der Waals surface area contributed by atoms with Crippen LogP contribution >= 0.6 is 27.3 Å². The van der Waals surface area contributed by atoms with Crippen molar-refractivity contribution in [2.45, 2.75) is 32.2 Å². The number of nitrogens with one attached hydrogen (secondary N) is 1. The Kier molecular flexibility index (Phi) is 5.09. The number of nitrogens with zero attached hydrogens (tertiary/aromatic N) is 2. The Morgan fingerprint density at radius 2 is 1.85 bits per heavy atom. The molecule has 3 heterocycles. The zero-order valence-electron chi connectivity index (χ0n) is 15.4. The van der Waals surface area contributed by atoms with E-state index in [9.17, 15) is 9.59 Å². The van der Waals surface area contributed by atoms with Crippen LogP contribution < -0.4 is 11.2 Å². The molecule has 0 radical (unpaired) electrons. The fourth-order valence-electron chi connectivity index (χ4n) is 3.90. The molecule has 3 aromatic rings. The molecule has 1 fully saturated rings. The van der Waals surface area contributed by atoms with Gasteiger partial charge < -0.3 is 4.90 Å². The summed E-state index contributed by atoms with van der Waals surface area (Å²) in [5.41, 5.74) is 1.54. The molecule has 7 heteroatoms. The maximum atomic E-state index is 13.4. The number of benzene rings is 1. The normalized spacial score (nSPS) is 16.3. The average molecular weight is 448 g/mol. The highest BCUT2D eigenvalue weighted by molar-refractivity contribution is 9.10. The maximum absolute atomic E-state index is 13.4. The lowest BCUT2D eigenvalue weighted by molar-refractivity contribution is 0.216. The summed E-state index contributed by atoms with van der Waals surface area (Å²) in [5.74, 6) is 0. The minimum Gasteiger partial charge on any atom is -0.306 e. The average Bonchev–Trinajstić information content (AvgIpc) is 3.02. The van der Waals surface area contributed by atoms with Gasteiger partial charge in [0.25, 0.3) is 5.56 Å². The quantitative estimate of drug-likeness (QED) is 0.659. The maximum Gasteiger partial charge on any atom is 0.329 e. The van der Waals surface area contributed by atoms with Crippen LogP contribution in [0.1, 0.15) is 30.7 Å². The number of fused-ring (bicyclic) bond motifs is 1. The molecule has 0 atom stereocenters. The summed E-state index contributed by atoms with van der Waals surface area (Å²) in [5, 5.41) is 0.651. The molecule has 27 heavy (non-hydrogen) atoms. The van der Waals surface area contributed by atoms with E-state index in [0.29, 0.717) is 10.2 Å².